The third kappa shape index (κ3) is 1.90. The molecule has 0 aromatic rings. The molecule has 2 heteroatoms. The van der Waals surface area contributed by atoms with Crippen molar-refractivity contribution >= 4 is 10.2 Å². The van der Waals surface area contributed by atoms with Crippen LogP contribution < -0.4 is 0 Å². The molecule has 1 nitrogen and oxygen atoms in total. The van der Waals surface area contributed by atoms with E-state index in [4.69, 9.17) is 4.74 Å². The average Bonchev–Trinajstić information content (AvgIpc) is 2.42. The van der Waals surface area contributed by atoms with Gasteiger partial charge in [-0.2, -0.15) is 0 Å². The van der Waals surface area contributed by atoms with E-state index < -0.39 is 0 Å². The molecule has 1 saturated heterocycles. The molecule has 40 valence electrons. The Kier molecular flexibility index (Phi) is 1.65. The predicted octanol–water partition coefficient (Wildman–Crippen LogP) is -0.346. The second kappa shape index (κ2) is 2.28. The average molecular weight is 114 g/mol. The van der Waals surface area contributed by atoms with Gasteiger partial charge in [0.1, 0.15) is 0 Å². The van der Waals surface area contributed by atoms with Gasteiger partial charge in [0.05, 0.1) is 12.7 Å². The first-order valence-corrected chi connectivity index (χ1v) is 3.81. The first-order chi connectivity index (χ1) is 3.43. The Morgan fingerprint density at radius 1 is 1.86 bits per heavy atom. The van der Waals surface area contributed by atoms with Gasteiger partial charge in [-0.25, -0.2) is 0 Å². The van der Waals surface area contributed by atoms with Crippen LogP contribution in [0.3, 0.4) is 0 Å². The first-order valence-electron chi connectivity index (χ1n) is 2.66. The van der Waals surface area contributed by atoms with Crippen molar-refractivity contribution in [3.05, 3.63) is 11.8 Å². The monoisotopic (exact) mass is 114 g/mol. The van der Waals surface area contributed by atoms with Crippen molar-refractivity contribution in [2.45, 2.75) is 12.5 Å². The first kappa shape index (κ1) is 5.06. The quantitative estimate of drug-likeness (QED) is 0.353. The highest BCUT2D eigenvalue weighted by Crippen LogP contribution is 2.12. The lowest BCUT2D eigenvalue weighted by Gasteiger charge is -1.77. The summed E-state index contributed by atoms with van der Waals surface area (Å²) in [6.07, 6.45) is 3.93. The second-order valence-corrected chi connectivity index (χ2v) is 2.43. The van der Waals surface area contributed by atoms with Crippen molar-refractivity contribution in [3.8, 4) is 0 Å². The standard InChI is InChI=1S/C5H10OSi/c7-3-1-2-5-4-6-5/h1,3,5H,2,4H2,7H3. The predicted molar refractivity (Wildman–Crippen MR) is 33.4 cm³/mol. The zero-order chi connectivity index (χ0) is 5.11. The van der Waals surface area contributed by atoms with Gasteiger partial charge in [-0.3, -0.25) is 0 Å². The van der Waals surface area contributed by atoms with E-state index >= 15 is 0 Å². The fraction of sp³-hybridized carbons (Fsp3) is 0.600. The van der Waals surface area contributed by atoms with E-state index in [1.807, 2.05) is 0 Å². The fourth-order valence-electron chi connectivity index (χ4n) is 0.492. The van der Waals surface area contributed by atoms with E-state index in [9.17, 15) is 0 Å². The molecule has 0 saturated carbocycles. The molecule has 1 rings (SSSR count). The Labute approximate surface area is 46.8 Å². The summed E-state index contributed by atoms with van der Waals surface area (Å²) in [5.41, 5.74) is 2.20. The van der Waals surface area contributed by atoms with Gasteiger partial charge in [-0.15, -0.1) is 5.70 Å². The summed E-state index contributed by atoms with van der Waals surface area (Å²) < 4.78 is 4.97. The van der Waals surface area contributed by atoms with Crippen LogP contribution in [0.2, 0.25) is 0 Å². The molecule has 1 aliphatic rings. The van der Waals surface area contributed by atoms with E-state index in [0.29, 0.717) is 6.10 Å². The van der Waals surface area contributed by atoms with Crippen molar-refractivity contribution in [1.29, 1.82) is 0 Å². The Bertz CT molecular complexity index is 76.1. The molecule has 0 radical (unpaired) electrons. The summed E-state index contributed by atoms with van der Waals surface area (Å²) >= 11 is 0. The molecule has 1 atom stereocenters. The Balaban J connectivity index is 1.98. The molecule has 1 fully saturated rings. The van der Waals surface area contributed by atoms with Gasteiger partial charge in [0.15, 0.2) is 0 Å². The summed E-state index contributed by atoms with van der Waals surface area (Å²) in [7, 11) is 1.19. The van der Waals surface area contributed by atoms with E-state index in [2.05, 4.69) is 11.8 Å². The maximum atomic E-state index is 4.97. The van der Waals surface area contributed by atoms with Crippen molar-refractivity contribution in [3.63, 3.8) is 0 Å². The summed E-state index contributed by atoms with van der Waals surface area (Å²) in [6.45, 7) is 0.992. The molecule has 0 aliphatic carbocycles. The fourth-order valence-corrected chi connectivity index (χ4v) is 0.764. The van der Waals surface area contributed by atoms with E-state index in [0.717, 1.165) is 13.0 Å². The van der Waals surface area contributed by atoms with Crippen molar-refractivity contribution in [2.75, 3.05) is 6.61 Å². The maximum Gasteiger partial charge on any atom is 0.0844 e. The van der Waals surface area contributed by atoms with Crippen LogP contribution in [-0.2, 0) is 4.74 Å². The zero-order valence-corrected chi connectivity index (χ0v) is 6.55. The van der Waals surface area contributed by atoms with Gasteiger partial charge in [-0.05, 0) is 6.42 Å². The lowest BCUT2D eigenvalue weighted by Crippen LogP contribution is -1.77. The van der Waals surface area contributed by atoms with Crippen LogP contribution in [0, 0.1) is 0 Å². The van der Waals surface area contributed by atoms with Gasteiger partial charge in [-0.1, -0.05) is 6.08 Å². The Hall–Kier alpha value is -0.0831. The minimum Gasteiger partial charge on any atom is -0.373 e. The molecule has 0 N–H and O–H groups in total. The van der Waals surface area contributed by atoms with Gasteiger partial charge in [0.25, 0.3) is 0 Å². The van der Waals surface area contributed by atoms with Gasteiger partial charge < -0.3 is 4.74 Å². The van der Waals surface area contributed by atoms with Crippen LogP contribution >= 0.6 is 0 Å². The molecule has 0 aromatic carbocycles. The number of hydrogen-bond acceptors (Lipinski definition) is 1. The molecule has 7 heavy (non-hydrogen) atoms. The SMILES string of the molecule is [SiH3]C=CCC1CO1. The molecular formula is C5H10OSi. The van der Waals surface area contributed by atoms with E-state index in [1.54, 1.807) is 0 Å². The van der Waals surface area contributed by atoms with Crippen LogP contribution in [0.15, 0.2) is 11.8 Å². The van der Waals surface area contributed by atoms with E-state index in [1.165, 1.54) is 10.2 Å². The normalized spacial score (nSPS) is 29.4. The minimum atomic E-state index is 0.588. The van der Waals surface area contributed by atoms with Crippen molar-refractivity contribution < 1.29 is 4.74 Å². The molecule has 1 heterocycles. The number of hydrogen-bond donors (Lipinski definition) is 0. The van der Waals surface area contributed by atoms with Crippen LogP contribution in [0.4, 0.5) is 0 Å². The van der Waals surface area contributed by atoms with Gasteiger partial charge >= 0.3 is 0 Å². The summed E-state index contributed by atoms with van der Waals surface area (Å²) in [6, 6.07) is 0. The summed E-state index contributed by atoms with van der Waals surface area (Å²) in [5.74, 6) is 0. The molecule has 0 aromatic heterocycles. The lowest BCUT2D eigenvalue weighted by molar-refractivity contribution is 0.410. The molecule has 1 aliphatic heterocycles. The van der Waals surface area contributed by atoms with Crippen LogP contribution in [0.5, 0.6) is 0 Å². The second-order valence-electron chi connectivity index (χ2n) is 1.76. The third-order valence-electron chi connectivity index (χ3n) is 1.04. The van der Waals surface area contributed by atoms with Crippen LogP contribution in [0.25, 0.3) is 0 Å². The highest BCUT2D eigenvalue weighted by Gasteiger charge is 2.19. The molecule has 1 unspecified atom stereocenters. The van der Waals surface area contributed by atoms with Crippen molar-refractivity contribution in [1.82, 2.24) is 0 Å². The summed E-state index contributed by atoms with van der Waals surface area (Å²) in [4.78, 5) is 0. The molecule has 0 bridgehead atoms. The van der Waals surface area contributed by atoms with Crippen LogP contribution in [-0.4, -0.2) is 23.0 Å². The smallest absolute Gasteiger partial charge is 0.0844 e. The topological polar surface area (TPSA) is 12.5 Å². The number of ether oxygens (including phenoxy) is 1. The molecular weight excluding hydrogens is 104 g/mol. The number of rotatable bonds is 2. The summed E-state index contributed by atoms with van der Waals surface area (Å²) in [5, 5.41) is 0. The minimum absolute atomic E-state index is 0.588. The van der Waals surface area contributed by atoms with Gasteiger partial charge in [0, 0.05) is 10.2 Å². The Morgan fingerprint density at radius 2 is 2.57 bits per heavy atom. The Morgan fingerprint density at radius 3 is 3.00 bits per heavy atom. The van der Waals surface area contributed by atoms with E-state index in [-0.39, 0.29) is 0 Å². The highest BCUT2D eigenvalue weighted by atomic mass is 28.1. The lowest BCUT2D eigenvalue weighted by atomic mass is 10.3. The van der Waals surface area contributed by atoms with Crippen LogP contribution in [0.1, 0.15) is 6.42 Å². The molecule has 0 amide bonds. The molecule has 0 spiro atoms. The van der Waals surface area contributed by atoms with Crippen molar-refractivity contribution in [2.24, 2.45) is 0 Å². The van der Waals surface area contributed by atoms with Gasteiger partial charge in [0.2, 0.25) is 0 Å². The number of epoxide rings is 1. The highest BCUT2D eigenvalue weighted by molar-refractivity contribution is 6.16. The zero-order valence-electron chi connectivity index (χ0n) is 4.55. The largest absolute Gasteiger partial charge is 0.373 e. The third-order valence-corrected chi connectivity index (χ3v) is 1.51. The maximum absolute atomic E-state index is 4.97.